The third-order valence-corrected chi connectivity index (χ3v) is 4.04. The Morgan fingerprint density at radius 1 is 1.22 bits per heavy atom. The molecular weight excluding hydrogens is 300 g/mol. The fraction of sp³-hybridized carbons (Fsp3) is 0.353. The molecule has 0 saturated carbocycles. The number of nitrogens with zero attached hydrogens (tertiary/aromatic N) is 2. The van der Waals surface area contributed by atoms with Crippen molar-refractivity contribution in [2.24, 2.45) is 0 Å². The fourth-order valence-corrected chi connectivity index (χ4v) is 2.72. The van der Waals surface area contributed by atoms with E-state index in [4.69, 9.17) is 0 Å². The molecule has 1 fully saturated rings. The molecule has 0 radical (unpaired) electrons. The van der Waals surface area contributed by atoms with Crippen molar-refractivity contribution in [3.8, 4) is 0 Å². The van der Waals surface area contributed by atoms with Crippen LogP contribution in [0.5, 0.6) is 0 Å². The Labute approximate surface area is 133 Å². The Bertz CT molecular complexity index is 673. The van der Waals surface area contributed by atoms with Crippen LogP contribution < -0.4 is 10.2 Å². The van der Waals surface area contributed by atoms with Gasteiger partial charge in [0.25, 0.3) is 0 Å². The number of pyridine rings is 1. The third kappa shape index (κ3) is 3.76. The number of piperidine rings is 1. The van der Waals surface area contributed by atoms with E-state index in [2.05, 4.69) is 15.2 Å². The summed E-state index contributed by atoms with van der Waals surface area (Å²) in [6.07, 6.45) is 2.88. The SMILES string of the molecule is OC1CCN(c2ncccc2NCc2ccc(F)cc2F)CC1. The highest BCUT2D eigenvalue weighted by Gasteiger charge is 2.20. The topological polar surface area (TPSA) is 48.4 Å². The van der Waals surface area contributed by atoms with Crippen LogP contribution in [0.2, 0.25) is 0 Å². The summed E-state index contributed by atoms with van der Waals surface area (Å²) in [5, 5.41) is 12.8. The minimum atomic E-state index is -0.583. The van der Waals surface area contributed by atoms with E-state index in [1.165, 1.54) is 12.1 Å². The van der Waals surface area contributed by atoms with Crippen LogP contribution in [0.3, 0.4) is 0 Å². The number of benzene rings is 1. The predicted molar refractivity (Wildman–Crippen MR) is 85.4 cm³/mol. The van der Waals surface area contributed by atoms with Gasteiger partial charge < -0.3 is 15.3 Å². The van der Waals surface area contributed by atoms with Gasteiger partial charge in [0.1, 0.15) is 11.6 Å². The molecule has 3 rings (SSSR count). The smallest absolute Gasteiger partial charge is 0.151 e. The Morgan fingerprint density at radius 3 is 2.74 bits per heavy atom. The molecule has 1 aromatic heterocycles. The summed E-state index contributed by atoms with van der Waals surface area (Å²) in [5.41, 5.74) is 1.20. The second-order valence-electron chi connectivity index (χ2n) is 5.68. The van der Waals surface area contributed by atoms with Gasteiger partial charge in [0.2, 0.25) is 0 Å². The van der Waals surface area contributed by atoms with Crippen molar-refractivity contribution in [3.63, 3.8) is 0 Å². The lowest BCUT2D eigenvalue weighted by Crippen LogP contribution is -2.36. The first-order chi connectivity index (χ1) is 11.1. The van der Waals surface area contributed by atoms with E-state index in [-0.39, 0.29) is 12.6 Å². The van der Waals surface area contributed by atoms with Gasteiger partial charge in [0.05, 0.1) is 11.8 Å². The van der Waals surface area contributed by atoms with E-state index >= 15 is 0 Å². The molecule has 1 aliphatic rings. The zero-order valence-electron chi connectivity index (χ0n) is 12.7. The zero-order valence-corrected chi connectivity index (χ0v) is 12.7. The molecule has 0 aliphatic carbocycles. The van der Waals surface area contributed by atoms with E-state index < -0.39 is 11.6 Å². The molecule has 0 atom stereocenters. The number of aromatic nitrogens is 1. The van der Waals surface area contributed by atoms with Crippen molar-refractivity contribution in [1.82, 2.24) is 4.98 Å². The van der Waals surface area contributed by atoms with Crippen molar-refractivity contribution in [3.05, 3.63) is 53.7 Å². The minimum absolute atomic E-state index is 0.250. The van der Waals surface area contributed by atoms with Gasteiger partial charge in [-0.1, -0.05) is 6.07 Å². The monoisotopic (exact) mass is 319 g/mol. The van der Waals surface area contributed by atoms with Gasteiger partial charge in [-0.05, 0) is 31.0 Å². The van der Waals surface area contributed by atoms with Crippen molar-refractivity contribution < 1.29 is 13.9 Å². The molecule has 4 nitrogen and oxygen atoms in total. The Morgan fingerprint density at radius 2 is 2.00 bits per heavy atom. The number of anilines is 2. The molecule has 1 aromatic carbocycles. The third-order valence-electron chi connectivity index (χ3n) is 4.04. The Hall–Kier alpha value is -2.21. The molecule has 0 spiro atoms. The molecule has 2 aromatic rings. The number of halogens is 2. The van der Waals surface area contributed by atoms with E-state index in [0.29, 0.717) is 18.4 Å². The highest BCUT2D eigenvalue weighted by molar-refractivity contribution is 5.65. The maximum absolute atomic E-state index is 13.7. The van der Waals surface area contributed by atoms with Crippen LogP contribution in [-0.4, -0.2) is 29.3 Å². The average molecular weight is 319 g/mol. The standard InChI is InChI=1S/C17H19F2N3O/c18-13-4-3-12(15(19)10-13)11-21-16-2-1-7-20-17(16)22-8-5-14(23)6-9-22/h1-4,7,10,14,21,23H,5-6,8-9,11H2. The minimum Gasteiger partial charge on any atom is -0.393 e. The van der Waals surface area contributed by atoms with Gasteiger partial charge in [-0.25, -0.2) is 13.8 Å². The maximum atomic E-state index is 13.7. The quantitative estimate of drug-likeness (QED) is 0.910. The van der Waals surface area contributed by atoms with Crippen molar-refractivity contribution in [2.45, 2.75) is 25.5 Å². The highest BCUT2D eigenvalue weighted by atomic mass is 19.1. The van der Waals surface area contributed by atoms with Gasteiger partial charge in [-0.2, -0.15) is 0 Å². The van der Waals surface area contributed by atoms with Crippen molar-refractivity contribution in [2.75, 3.05) is 23.3 Å². The average Bonchev–Trinajstić information content (AvgIpc) is 2.55. The van der Waals surface area contributed by atoms with E-state index in [0.717, 1.165) is 30.7 Å². The Kier molecular flexibility index (Phi) is 4.71. The van der Waals surface area contributed by atoms with Crippen molar-refractivity contribution >= 4 is 11.5 Å². The zero-order chi connectivity index (χ0) is 16.2. The molecule has 122 valence electrons. The first-order valence-corrected chi connectivity index (χ1v) is 7.69. The van der Waals surface area contributed by atoms with E-state index in [1.54, 1.807) is 6.20 Å². The largest absolute Gasteiger partial charge is 0.393 e. The summed E-state index contributed by atoms with van der Waals surface area (Å²) < 4.78 is 26.7. The predicted octanol–water partition coefficient (Wildman–Crippen LogP) is 2.93. The molecule has 23 heavy (non-hydrogen) atoms. The first-order valence-electron chi connectivity index (χ1n) is 7.69. The normalized spacial score (nSPS) is 15.7. The van der Waals surface area contributed by atoms with E-state index in [1.807, 2.05) is 12.1 Å². The molecule has 6 heteroatoms. The summed E-state index contributed by atoms with van der Waals surface area (Å²) in [4.78, 5) is 6.51. The molecule has 0 bridgehead atoms. The van der Waals surface area contributed by atoms with Crippen LogP contribution in [0.4, 0.5) is 20.3 Å². The molecule has 2 N–H and O–H groups in total. The lowest BCUT2D eigenvalue weighted by molar-refractivity contribution is 0.145. The van der Waals surface area contributed by atoms with Crippen LogP contribution in [0.25, 0.3) is 0 Å². The summed E-state index contributed by atoms with van der Waals surface area (Å²) in [6.45, 7) is 1.72. The summed E-state index contributed by atoms with van der Waals surface area (Å²) in [7, 11) is 0. The van der Waals surface area contributed by atoms with Crippen LogP contribution in [0.1, 0.15) is 18.4 Å². The van der Waals surface area contributed by atoms with Gasteiger partial charge in [0.15, 0.2) is 5.82 Å². The lowest BCUT2D eigenvalue weighted by Gasteiger charge is -2.31. The lowest BCUT2D eigenvalue weighted by atomic mass is 10.1. The molecule has 0 unspecified atom stereocenters. The summed E-state index contributed by atoms with van der Waals surface area (Å²) in [5.74, 6) is -0.355. The number of rotatable bonds is 4. The van der Waals surface area contributed by atoms with Crippen LogP contribution in [0.15, 0.2) is 36.5 Å². The van der Waals surface area contributed by atoms with Crippen molar-refractivity contribution in [1.29, 1.82) is 0 Å². The van der Waals surface area contributed by atoms with Gasteiger partial charge in [-0.15, -0.1) is 0 Å². The van der Waals surface area contributed by atoms with Crippen LogP contribution >= 0.6 is 0 Å². The highest BCUT2D eigenvalue weighted by Crippen LogP contribution is 2.26. The molecule has 1 saturated heterocycles. The maximum Gasteiger partial charge on any atom is 0.151 e. The summed E-state index contributed by atoms with van der Waals surface area (Å²) >= 11 is 0. The number of hydrogen-bond donors (Lipinski definition) is 2. The number of hydrogen-bond acceptors (Lipinski definition) is 4. The van der Waals surface area contributed by atoms with Crippen LogP contribution in [-0.2, 0) is 6.54 Å². The second-order valence-corrected chi connectivity index (χ2v) is 5.68. The second kappa shape index (κ2) is 6.91. The van der Waals surface area contributed by atoms with E-state index in [9.17, 15) is 13.9 Å². The summed E-state index contributed by atoms with van der Waals surface area (Å²) in [6, 6.07) is 7.26. The first kappa shape index (κ1) is 15.7. The Balaban J connectivity index is 1.73. The molecule has 0 amide bonds. The number of aliphatic hydroxyl groups is 1. The number of nitrogens with one attached hydrogen (secondary N) is 1. The molecule has 1 aliphatic heterocycles. The van der Waals surface area contributed by atoms with Gasteiger partial charge in [0, 0.05) is 37.5 Å². The molecule has 2 heterocycles. The number of aliphatic hydroxyl groups excluding tert-OH is 1. The fourth-order valence-electron chi connectivity index (χ4n) is 2.72. The van der Waals surface area contributed by atoms with Gasteiger partial charge >= 0.3 is 0 Å². The van der Waals surface area contributed by atoms with Crippen LogP contribution in [0, 0.1) is 11.6 Å². The molecular formula is C17H19F2N3O. The van der Waals surface area contributed by atoms with Gasteiger partial charge in [-0.3, -0.25) is 0 Å².